The van der Waals surface area contributed by atoms with Crippen LogP contribution in [0.3, 0.4) is 0 Å². The second-order valence-electron chi connectivity index (χ2n) is 5.52. The van der Waals surface area contributed by atoms with Gasteiger partial charge >= 0.3 is 5.97 Å². The fraction of sp³-hybridized carbons (Fsp3) is 0.462. The molecule has 1 rings (SSSR count). The van der Waals surface area contributed by atoms with Crippen molar-refractivity contribution in [1.82, 2.24) is 4.72 Å². The Labute approximate surface area is 138 Å². The molecule has 0 heterocycles. The largest absolute Gasteiger partial charge is 0.468 e. The molecule has 0 amide bonds. The lowest BCUT2D eigenvalue weighted by molar-refractivity contribution is -0.145. The van der Waals surface area contributed by atoms with E-state index in [1.165, 1.54) is 19.2 Å². The van der Waals surface area contributed by atoms with Crippen molar-refractivity contribution in [1.29, 1.82) is 0 Å². The molecule has 1 N–H and O–H groups in total. The zero-order chi connectivity index (χ0) is 16.4. The predicted molar refractivity (Wildman–Crippen MR) is 84.7 cm³/mol. The Morgan fingerprint density at radius 3 is 2.38 bits per heavy atom. The molecule has 0 aliphatic carbocycles. The van der Waals surface area contributed by atoms with Gasteiger partial charge in [-0.15, -0.1) is 0 Å². The molecule has 118 valence electrons. The minimum absolute atomic E-state index is 0.0643. The summed E-state index contributed by atoms with van der Waals surface area (Å²) >= 11 is 9.17. The smallest absolute Gasteiger partial charge is 0.324 e. The van der Waals surface area contributed by atoms with Gasteiger partial charge in [-0.05, 0) is 23.6 Å². The number of hydrogen-bond acceptors (Lipinski definition) is 4. The third kappa shape index (κ3) is 4.67. The van der Waals surface area contributed by atoms with Gasteiger partial charge in [-0.25, -0.2) is 8.42 Å². The molecular weight excluding hydrogens is 382 g/mol. The highest BCUT2D eigenvalue weighted by atomic mass is 79.9. The molecule has 1 atom stereocenters. The number of ether oxygens (including phenoxy) is 1. The number of carbonyl (C=O) groups is 1. The van der Waals surface area contributed by atoms with Crippen LogP contribution in [0.5, 0.6) is 0 Å². The highest BCUT2D eigenvalue weighted by molar-refractivity contribution is 9.10. The average molecular weight is 399 g/mol. The van der Waals surface area contributed by atoms with Gasteiger partial charge in [0.05, 0.1) is 12.1 Å². The summed E-state index contributed by atoms with van der Waals surface area (Å²) in [6.07, 6.45) is 0. The lowest BCUT2D eigenvalue weighted by Crippen LogP contribution is -2.49. The number of hydrogen-bond donors (Lipinski definition) is 1. The van der Waals surface area contributed by atoms with Gasteiger partial charge in [-0.3, -0.25) is 4.79 Å². The van der Waals surface area contributed by atoms with Crippen LogP contribution in [-0.4, -0.2) is 27.5 Å². The van der Waals surface area contributed by atoms with Crippen molar-refractivity contribution in [2.24, 2.45) is 5.41 Å². The second-order valence-corrected chi connectivity index (χ2v) is 8.52. The maximum Gasteiger partial charge on any atom is 0.324 e. The minimum Gasteiger partial charge on any atom is -0.468 e. The Bertz CT molecular complexity index is 640. The van der Waals surface area contributed by atoms with Crippen LogP contribution in [0.15, 0.2) is 27.6 Å². The van der Waals surface area contributed by atoms with Crippen LogP contribution >= 0.6 is 27.5 Å². The first-order valence-electron chi connectivity index (χ1n) is 6.04. The Morgan fingerprint density at radius 2 is 1.95 bits per heavy atom. The quantitative estimate of drug-likeness (QED) is 0.791. The van der Waals surface area contributed by atoms with Gasteiger partial charge in [0.1, 0.15) is 10.9 Å². The van der Waals surface area contributed by atoms with E-state index in [0.717, 1.165) is 0 Å². The zero-order valence-electron chi connectivity index (χ0n) is 12.1. The van der Waals surface area contributed by atoms with Gasteiger partial charge in [0.2, 0.25) is 10.0 Å². The van der Waals surface area contributed by atoms with Crippen molar-refractivity contribution >= 4 is 43.5 Å². The van der Waals surface area contributed by atoms with Crippen molar-refractivity contribution in [3.05, 3.63) is 27.7 Å². The molecule has 5 nitrogen and oxygen atoms in total. The van der Waals surface area contributed by atoms with E-state index in [1.54, 1.807) is 26.8 Å². The molecule has 1 aromatic rings. The summed E-state index contributed by atoms with van der Waals surface area (Å²) in [4.78, 5) is 11.7. The van der Waals surface area contributed by atoms with E-state index in [2.05, 4.69) is 25.4 Å². The Hall–Kier alpha value is -0.630. The molecular formula is C13H17BrClNO4S. The van der Waals surface area contributed by atoms with E-state index >= 15 is 0 Å². The number of rotatable bonds is 4. The first kappa shape index (κ1) is 18.4. The van der Waals surface area contributed by atoms with Crippen molar-refractivity contribution in [3.8, 4) is 0 Å². The van der Waals surface area contributed by atoms with Crippen molar-refractivity contribution < 1.29 is 17.9 Å². The number of nitrogens with one attached hydrogen (secondary N) is 1. The summed E-state index contributed by atoms with van der Waals surface area (Å²) in [5.41, 5.74) is -0.651. The first-order chi connectivity index (χ1) is 9.49. The summed E-state index contributed by atoms with van der Waals surface area (Å²) in [7, 11) is -2.74. The standard InChI is InChI=1S/C13H17BrClNO4S/c1-13(2,3)11(12(17)20-4)16-21(18,19)10-6-5-8(14)7-9(10)15/h5-7,11,16H,1-4H3. The molecule has 0 bridgehead atoms. The minimum atomic E-state index is -3.95. The summed E-state index contributed by atoms with van der Waals surface area (Å²) in [6.45, 7) is 5.21. The van der Waals surface area contributed by atoms with Crippen molar-refractivity contribution in [2.75, 3.05) is 7.11 Å². The molecule has 0 radical (unpaired) electrons. The SMILES string of the molecule is COC(=O)C(NS(=O)(=O)c1ccc(Br)cc1Cl)C(C)(C)C. The Balaban J connectivity index is 3.21. The third-order valence-electron chi connectivity index (χ3n) is 2.76. The zero-order valence-corrected chi connectivity index (χ0v) is 15.3. The van der Waals surface area contributed by atoms with Gasteiger partial charge in [0, 0.05) is 4.47 Å². The van der Waals surface area contributed by atoms with Crippen LogP contribution in [0.4, 0.5) is 0 Å². The van der Waals surface area contributed by atoms with E-state index in [-0.39, 0.29) is 9.92 Å². The molecule has 1 unspecified atom stereocenters. The molecule has 0 aliphatic rings. The Morgan fingerprint density at radius 1 is 1.38 bits per heavy atom. The van der Waals surface area contributed by atoms with Gasteiger partial charge in [-0.1, -0.05) is 48.3 Å². The predicted octanol–water partition coefficient (Wildman–Crippen LogP) is 2.97. The van der Waals surface area contributed by atoms with Crippen LogP contribution in [0, 0.1) is 5.41 Å². The topological polar surface area (TPSA) is 72.5 Å². The Kier molecular flexibility index (Phi) is 5.83. The summed E-state index contributed by atoms with van der Waals surface area (Å²) in [5.74, 6) is -0.653. The molecule has 0 aliphatic heterocycles. The van der Waals surface area contributed by atoms with E-state index in [4.69, 9.17) is 11.6 Å². The van der Waals surface area contributed by atoms with E-state index in [0.29, 0.717) is 4.47 Å². The maximum atomic E-state index is 12.4. The van der Waals surface area contributed by atoms with Crippen molar-refractivity contribution in [2.45, 2.75) is 31.7 Å². The highest BCUT2D eigenvalue weighted by Gasteiger charge is 2.36. The van der Waals surface area contributed by atoms with E-state index in [9.17, 15) is 13.2 Å². The summed E-state index contributed by atoms with van der Waals surface area (Å²) < 4.78 is 32.5. The van der Waals surface area contributed by atoms with E-state index < -0.39 is 27.4 Å². The van der Waals surface area contributed by atoms with Crippen molar-refractivity contribution in [3.63, 3.8) is 0 Å². The number of benzene rings is 1. The average Bonchev–Trinajstić information content (AvgIpc) is 2.33. The molecule has 0 aromatic heterocycles. The first-order valence-corrected chi connectivity index (χ1v) is 8.69. The maximum absolute atomic E-state index is 12.4. The monoisotopic (exact) mass is 397 g/mol. The van der Waals surface area contributed by atoms with Gasteiger partial charge in [-0.2, -0.15) is 4.72 Å². The van der Waals surface area contributed by atoms with Crippen LogP contribution in [0.1, 0.15) is 20.8 Å². The number of halogens is 2. The molecule has 1 aromatic carbocycles. The van der Waals surface area contributed by atoms with Crippen LogP contribution in [0.2, 0.25) is 5.02 Å². The van der Waals surface area contributed by atoms with Crippen LogP contribution in [-0.2, 0) is 19.6 Å². The third-order valence-corrected chi connectivity index (χ3v) is 5.16. The summed E-state index contributed by atoms with van der Waals surface area (Å²) in [6, 6.07) is 3.38. The molecule has 0 saturated heterocycles. The van der Waals surface area contributed by atoms with Gasteiger partial charge < -0.3 is 4.74 Å². The lowest BCUT2D eigenvalue weighted by Gasteiger charge is -2.28. The van der Waals surface area contributed by atoms with Crippen LogP contribution in [0.25, 0.3) is 0 Å². The number of sulfonamides is 1. The normalized spacial score (nSPS) is 13.8. The van der Waals surface area contributed by atoms with E-state index in [1.807, 2.05) is 0 Å². The second kappa shape index (κ2) is 6.64. The lowest BCUT2D eigenvalue weighted by atomic mass is 9.87. The van der Waals surface area contributed by atoms with Gasteiger partial charge in [0.15, 0.2) is 0 Å². The van der Waals surface area contributed by atoms with Crippen LogP contribution < -0.4 is 4.72 Å². The number of carbonyl (C=O) groups excluding carboxylic acids is 1. The molecule has 21 heavy (non-hydrogen) atoms. The fourth-order valence-electron chi connectivity index (χ4n) is 1.61. The number of methoxy groups -OCH3 is 1. The fourth-order valence-corrected chi connectivity index (χ4v) is 4.04. The summed E-state index contributed by atoms with van der Waals surface area (Å²) in [5, 5.41) is 0.0643. The highest BCUT2D eigenvalue weighted by Crippen LogP contribution is 2.27. The molecule has 0 spiro atoms. The van der Waals surface area contributed by atoms with Gasteiger partial charge in [0.25, 0.3) is 0 Å². The number of esters is 1. The molecule has 0 fully saturated rings. The molecule has 0 saturated carbocycles. The molecule has 8 heteroatoms.